The van der Waals surface area contributed by atoms with E-state index in [9.17, 15) is 0 Å². The Bertz CT molecular complexity index is 775. The van der Waals surface area contributed by atoms with Gasteiger partial charge in [0.15, 0.2) is 0 Å². The topological polar surface area (TPSA) is 43.6 Å². The van der Waals surface area contributed by atoms with Gasteiger partial charge in [-0.3, -0.25) is 9.55 Å². The van der Waals surface area contributed by atoms with E-state index in [1.54, 1.807) is 6.20 Å². The predicted octanol–water partition coefficient (Wildman–Crippen LogP) is 3.76. The Balaban J connectivity index is 0.000000693. The molecule has 0 N–H and O–H groups in total. The number of pyridine rings is 1. The summed E-state index contributed by atoms with van der Waals surface area (Å²) in [4.78, 5) is 4.19. The third-order valence-corrected chi connectivity index (χ3v) is 3.83. The maximum atomic E-state index is 4.24. The molecule has 1 aliphatic rings. The van der Waals surface area contributed by atoms with Crippen LogP contribution in [0.5, 0.6) is 0 Å². The monoisotopic (exact) mass is 292 g/mol. The number of hydrogen-bond acceptors (Lipinski definition) is 3. The molecule has 3 heterocycles. The Kier molecular flexibility index (Phi) is 4.00. The number of rotatable bonds is 1. The molecule has 3 aromatic rings. The molecule has 0 saturated carbocycles. The van der Waals surface area contributed by atoms with Crippen molar-refractivity contribution in [1.82, 2.24) is 19.7 Å². The molecule has 0 saturated heterocycles. The summed E-state index contributed by atoms with van der Waals surface area (Å²) in [5.74, 6) is 2.01. The number of aromatic nitrogens is 4. The first-order valence-corrected chi connectivity index (χ1v) is 7.77. The minimum atomic E-state index is 0.949. The van der Waals surface area contributed by atoms with E-state index in [-0.39, 0.29) is 0 Å². The molecular weight excluding hydrogens is 272 g/mol. The van der Waals surface area contributed by atoms with E-state index in [1.807, 2.05) is 33.0 Å². The molecule has 0 atom stereocenters. The summed E-state index contributed by atoms with van der Waals surface area (Å²) >= 11 is 0. The summed E-state index contributed by atoms with van der Waals surface area (Å²) in [6.07, 6.45) is 5.67. The average molecular weight is 292 g/mol. The van der Waals surface area contributed by atoms with Crippen molar-refractivity contribution in [2.24, 2.45) is 0 Å². The second-order valence-electron chi connectivity index (χ2n) is 5.08. The SMILES string of the molecule is CC.Cc1nnc2n1-c1ccc(-c3cccnc3)cc1CC2. The summed E-state index contributed by atoms with van der Waals surface area (Å²) in [6, 6.07) is 10.6. The van der Waals surface area contributed by atoms with E-state index >= 15 is 0 Å². The van der Waals surface area contributed by atoms with E-state index in [1.165, 1.54) is 16.8 Å². The van der Waals surface area contributed by atoms with Crippen LogP contribution in [0.15, 0.2) is 42.7 Å². The fraction of sp³-hybridized carbons (Fsp3) is 0.278. The molecule has 1 aliphatic heterocycles. The van der Waals surface area contributed by atoms with Gasteiger partial charge in [0.05, 0.1) is 5.69 Å². The smallest absolute Gasteiger partial charge is 0.137 e. The molecular formula is C18H20N4. The van der Waals surface area contributed by atoms with Gasteiger partial charge < -0.3 is 0 Å². The zero-order chi connectivity index (χ0) is 15.5. The van der Waals surface area contributed by atoms with Crippen molar-refractivity contribution in [3.63, 3.8) is 0 Å². The Morgan fingerprint density at radius 3 is 2.64 bits per heavy atom. The van der Waals surface area contributed by atoms with Crippen LogP contribution in [-0.2, 0) is 12.8 Å². The van der Waals surface area contributed by atoms with Crippen molar-refractivity contribution < 1.29 is 0 Å². The standard InChI is InChI=1S/C16H14N4.C2H6/c1-11-18-19-16-7-5-13-9-12(4-6-15(13)20(11)16)14-3-2-8-17-10-14;1-2/h2-4,6,8-10H,5,7H2,1H3;1-2H3. The molecule has 0 unspecified atom stereocenters. The van der Waals surface area contributed by atoms with Crippen LogP contribution in [0.25, 0.3) is 16.8 Å². The molecule has 0 fully saturated rings. The van der Waals surface area contributed by atoms with Crippen LogP contribution in [0, 0.1) is 6.92 Å². The largest absolute Gasteiger partial charge is 0.283 e. The fourth-order valence-electron chi connectivity index (χ4n) is 2.84. The molecule has 112 valence electrons. The van der Waals surface area contributed by atoms with Gasteiger partial charge in [0.2, 0.25) is 0 Å². The van der Waals surface area contributed by atoms with Crippen LogP contribution >= 0.6 is 0 Å². The number of hydrogen-bond donors (Lipinski definition) is 0. The van der Waals surface area contributed by atoms with Crippen LogP contribution in [0.2, 0.25) is 0 Å². The summed E-state index contributed by atoms with van der Waals surface area (Å²) in [5.41, 5.74) is 4.93. The molecule has 0 radical (unpaired) electrons. The van der Waals surface area contributed by atoms with Gasteiger partial charge in [0.1, 0.15) is 11.6 Å². The first-order chi connectivity index (χ1) is 10.8. The Hall–Kier alpha value is -2.49. The summed E-state index contributed by atoms with van der Waals surface area (Å²) < 4.78 is 2.16. The third-order valence-electron chi connectivity index (χ3n) is 3.83. The van der Waals surface area contributed by atoms with Crippen molar-refractivity contribution in [1.29, 1.82) is 0 Å². The highest BCUT2D eigenvalue weighted by atomic mass is 15.3. The van der Waals surface area contributed by atoms with Crippen molar-refractivity contribution in [2.45, 2.75) is 33.6 Å². The molecule has 4 rings (SSSR count). The van der Waals surface area contributed by atoms with Crippen LogP contribution in [0.1, 0.15) is 31.1 Å². The van der Waals surface area contributed by atoms with Crippen LogP contribution in [0.4, 0.5) is 0 Å². The molecule has 2 aromatic heterocycles. The van der Waals surface area contributed by atoms with E-state index in [0.29, 0.717) is 0 Å². The first kappa shape index (κ1) is 14.4. The Morgan fingerprint density at radius 1 is 1.00 bits per heavy atom. The predicted molar refractivity (Wildman–Crippen MR) is 88.1 cm³/mol. The second kappa shape index (κ2) is 6.10. The maximum absolute atomic E-state index is 4.24. The van der Waals surface area contributed by atoms with Gasteiger partial charge in [-0.2, -0.15) is 0 Å². The highest BCUT2D eigenvalue weighted by molar-refractivity contribution is 5.66. The lowest BCUT2D eigenvalue weighted by Crippen LogP contribution is -2.13. The molecule has 0 bridgehead atoms. The van der Waals surface area contributed by atoms with E-state index in [0.717, 1.165) is 30.1 Å². The molecule has 22 heavy (non-hydrogen) atoms. The number of aryl methyl sites for hydroxylation is 3. The lowest BCUT2D eigenvalue weighted by molar-refractivity contribution is 0.767. The van der Waals surface area contributed by atoms with Crippen LogP contribution in [0.3, 0.4) is 0 Å². The van der Waals surface area contributed by atoms with Crippen molar-refractivity contribution >= 4 is 0 Å². The number of fused-ring (bicyclic) bond motifs is 3. The van der Waals surface area contributed by atoms with Crippen LogP contribution < -0.4 is 0 Å². The summed E-state index contributed by atoms with van der Waals surface area (Å²) in [5, 5.41) is 8.42. The zero-order valence-electron chi connectivity index (χ0n) is 13.2. The van der Waals surface area contributed by atoms with Gasteiger partial charge >= 0.3 is 0 Å². The normalized spacial score (nSPS) is 12.0. The average Bonchev–Trinajstić information content (AvgIpc) is 2.98. The Labute approximate surface area is 130 Å². The minimum Gasteiger partial charge on any atom is -0.283 e. The van der Waals surface area contributed by atoms with E-state index < -0.39 is 0 Å². The summed E-state index contributed by atoms with van der Waals surface area (Å²) in [6.45, 7) is 6.00. The van der Waals surface area contributed by atoms with E-state index in [2.05, 4.69) is 44.0 Å². The third kappa shape index (κ3) is 2.41. The van der Waals surface area contributed by atoms with Crippen molar-refractivity contribution in [2.75, 3.05) is 0 Å². The molecule has 1 aromatic carbocycles. The Morgan fingerprint density at radius 2 is 1.86 bits per heavy atom. The van der Waals surface area contributed by atoms with E-state index in [4.69, 9.17) is 0 Å². The second-order valence-corrected chi connectivity index (χ2v) is 5.08. The maximum Gasteiger partial charge on any atom is 0.137 e. The molecule has 0 amide bonds. The lowest BCUT2D eigenvalue weighted by atomic mass is 9.98. The minimum absolute atomic E-state index is 0.949. The lowest BCUT2D eigenvalue weighted by Gasteiger charge is -2.19. The van der Waals surface area contributed by atoms with Gasteiger partial charge in [0, 0.05) is 18.8 Å². The quantitative estimate of drug-likeness (QED) is 0.686. The van der Waals surface area contributed by atoms with Gasteiger partial charge in [0.25, 0.3) is 0 Å². The van der Waals surface area contributed by atoms with Gasteiger partial charge in [-0.15, -0.1) is 10.2 Å². The summed E-state index contributed by atoms with van der Waals surface area (Å²) in [7, 11) is 0. The van der Waals surface area contributed by atoms with Gasteiger partial charge in [-0.1, -0.05) is 26.0 Å². The van der Waals surface area contributed by atoms with Crippen LogP contribution in [-0.4, -0.2) is 19.7 Å². The molecule has 4 heteroatoms. The van der Waals surface area contributed by atoms with Crippen molar-refractivity contribution in [3.8, 4) is 16.8 Å². The van der Waals surface area contributed by atoms with Crippen molar-refractivity contribution in [3.05, 3.63) is 59.9 Å². The number of nitrogens with zero attached hydrogens (tertiary/aromatic N) is 4. The highest BCUT2D eigenvalue weighted by Gasteiger charge is 2.19. The molecule has 0 spiro atoms. The van der Waals surface area contributed by atoms with Gasteiger partial charge in [-0.25, -0.2) is 0 Å². The molecule has 4 nitrogen and oxygen atoms in total. The first-order valence-electron chi connectivity index (χ1n) is 7.77. The molecule has 0 aliphatic carbocycles. The highest BCUT2D eigenvalue weighted by Crippen LogP contribution is 2.29. The number of benzene rings is 1. The van der Waals surface area contributed by atoms with Gasteiger partial charge in [-0.05, 0) is 48.2 Å². The zero-order valence-corrected chi connectivity index (χ0v) is 13.2. The fourth-order valence-corrected chi connectivity index (χ4v) is 2.84.